The largest absolute Gasteiger partial charge is 0.352 e. The molecule has 3 aliphatic rings. The number of fused-ring (bicyclic) bond motifs is 3. The van der Waals surface area contributed by atoms with Crippen LogP contribution in [-0.4, -0.2) is 32.7 Å². The maximum Gasteiger partial charge on any atom is 0.254 e. The van der Waals surface area contributed by atoms with Gasteiger partial charge in [0.15, 0.2) is 0 Å². The first-order valence-electron chi connectivity index (χ1n) is 9.14. The van der Waals surface area contributed by atoms with Crippen LogP contribution in [0.4, 0.5) is 0 Å². The molecule has 2 bridgehead atoms. The molecule has 3 aliphatic carbocycles. The molecule has 0 spiro atoms. The number of nitrogens with one attached hydrogen (secondary N) is 1. The second-order valence-electron chi connectivity index (χ2n) is 7.40. The number of rotatable bonds is 4. The van der Waals surface area contributed by atoms with E-state index in [1.165, 1.54) is 29.7 Å². The van der Waals surface area contributed by atoms with Crippen molar-refractivity contribution < 1.29 is 4.79 Å². The summed E-state index contributed by atoms with van der Waals surface area (Å²) in [5.74, 6) is 2.01. The fourth-order valence-corrected chi connectivity index (χ4v) is 5.95. The zero-order valence-electron chi connectivity index (χ0n) is 14.0. The highest BCUT2D eigenvalue weighted by atomic mass is 32.1. The van der Waals surface area contributed by atoms with Crippen molar-refractivity contribution >= 4 is 17.2 Å². The standard InChI is InChI=1S/C18H21N5OS/c24-17(19-9-13-8-11-5-6-12(13)7-11)16-14-3-1-2-4-15(14)25-18(16)23-10-20-21-22-23/h5-6,10-13H,1-4,7-9H2,(H,19,24). The Balaban J connectivity index is 1.41. The van der Waals surface area contributed by atoms with Gasteiger partial charge in [0.1, 0.15) is 11.3 Å². The van der Waals surface area contributed by atoms with Gasteiger partial charge < -0.3 is 5.32 Å². The summed E-state index contributed by atoms with van der Waals surface area (Å²) in [6.45, 7) is 0.768. The second kappa shape index (κ2) is 6.05. The Morgan fingerprint density at radius 2 is 2.20 bits per heavy atom. The summed E-state index contributed by atoms with van der Waals surface area (Å²) in [7, 11) is 0. The Bertz CT molecular complexity index is 825. The van der Waals surface area contributed by atoms with E-state index in [9.17, 15) is 4.79 Å². The average Bonchev–Trinajstić information content (AvgIpc) is 3.42. The lowest BCUT2D eigenvalue weighted by atomic mass is 9.93. The number of hydrogen-bond acceptors (Lipinski definition) is 5. The third kappa shape index (κ3) is 2.61. The highest BCUT2D eigenvalue weighted by molar-refractivity contribution is 7.15. The van der Waals surface area contributed by atoms with Crippen LogP contribution in [-0.2, 0) is 12.8 Å². The van der Waals surface area contributed by atoms with Crippen LogP contribution in [0.15, 0.2) is 18.5 Å². The van der Waals surface area contributed by atoms with Crippen LogP contribution in [0, 0.1) is 17.8 Å². The van der Waals surface area contributed by atoms with Gasteiger partial charge in [-0.25, -0.2) is 0 Å². The Hall–Kier alpha value is -2.02. The maximum atomic E-state index is 13.1. The van der Waals surface area contributed by atoms with Gasteiger partial charge in [0, 0.05) is 11.4 Å². The lowest BCUT2D eigenvalue weighted by Crippen LogP contribution is -2.32. The third-order valence-corrected chi connectivity index (χ3v) is 7.16. The van der Waals surface area contributed by atoms with E-state index in [1.54, 1.807) is 22.3 Å². The van der Waals surface area contributed by atoms with Gasteiger partial charge in [-0.1, -0.05) is 12.2 Å². The van der Waals surface area contributed by atoms with Crippen LogP contribution in [0.1, 0.15) is 46.5 Å². The normalized spacial score (nSPS) is 26.8. The molecule has 0 radical (unpaired) electrons. The quantitative estimate of drug-likeness (QED) is 0.856. The summed E-state index contributed by atoms with van der Waals surface area (Å²) in [5, 5.41) is 15.6. The molecular weight excluding hydrogens is 334 g/mol. The molecule has 1 saturated carbocycles. The van der Waals surface area contributed by atoms with Crippen molar-refractivity contribution in [1.29, 1.82) is 0 Å². The van der Waals surface area contributed by atoms with Crippen LogP contribution >= 0.6 is 11.3 Å². The number of allylic oxidation sites excluding steroid dienone is 2. The Morgan fingerprint density at radius 3 is 2.96 bits per heavy atom. The molecule has 1 fully saturated rings. The molecule has 0 aromatic carbocycles. The lowest BCUT2D eigenvalue weighted by molar-refractivity contribution is 0.0944. The molecule has 0 aliphatic heterocycles. The first kappa shape index (κ1) is 15.3. The molecule has 2 aromatic rings. The Kier molecular flexibility index (Phi) is 3.69. The van der Waals surface area contributed by atoms with Crippen molar-refractivity contribution in [3.63, 3.8) is 0 Å². The lowest BCUT2D eigenvalue weighted by Gasteiger charge is -2.19. The van der Waals surface area contributed by atoms with E-state index in [0.29, 0.717) is 11.8 Å². The molecule has 130 valence electrons. The molecule has 2 heterocycles. The molecule has 0 saturated heterocycles. The van der Waals surface area contributed by atoms with E-state index in [4.69, 9.17) is 0 Å². The molecule has 1 N–H and O–H groups in total. The van der Waals surface area contributed by atoms with Crippen LogP contribution in [0.25, 0.3) is 5.00 Å². The van der Waals surface area contributed by atoms with Crippen LogP contribution in [0.2, 0.25) is 0 Å². The number of aromatic nitrogens is 4. The third-order valence-electron chi connectivity index (χ3n) is 5.88. The van der Waals surface area contributed by atoms with E-state index in [-0.39, 0.29) is 5.91 Å². The molecule has 2 aromatic heterocycles. The van der Waals surface area contributed by atoms with Gasteiger partial charge in [-0.05, 0) is 72.3 Å². The minimum Gasteiger partial charge on any atom is -0.352 e. The predicted octanol–water partition coefficient (Wildman–Crippen LogP) is 2.54. The van der Waals surface area contributed by atoms with E-state index < -0.39 is 0 Å². The number of nitrogens with zero attached hydrogens (tertiary/aromatic N) is 4. The van der Waals surface area contributed by atoms with Gasteiger partial charge in [0.25, 0.3) is 5.91 Å². The van der Waals surface area contributed by atoms with Crippen LogP contribution < -0.4 is 5.32 Å². The summed E-state index contributed by atoms with van der Waals surface area (Å²) < 4.78 is 1.64. The first-order valence-corrected chi connectivity index (χ1v) is 9.95. The van der Waals surface area contributed by atoms with Crippen molar-refractivity contribution in [3.8, 4) is 5.00 Å². The number of hydrogen-bond donors (Lipinski definition) is 1. The molecule has 1 amide bonds. The molecule has 3 unspecified atom stereocenters. The van der Waals surface area contributed by atoms with Crippen molar-refractivity contribution in [2.45, 2.75) is 38.5 Å². The molecule has 3 atom stereocenters. The topological polar surface area (TPSA) is 72.7 Å². The fraction of sp³-hybridized carbons (Fsp3) is 0.556. The zero-order chi connectivity index (χ0) is 16.8. The summed E-state index contributed by atoms with van der Waals surface area (Å²) in [5.41, 5.74) is 2.01. The van der Waals surface area contributed by atoms with Gasteiger partial charge in [-0.15, -0.1) is 16.4 Å². The Labute approximate surface area is 150 Å². The zero-order valence-corrected chi connectivity index (χ0v) is 14.8. The highest BCUT2D eigenvalue weighted by Crippen LogP contribution is 2.43. The number of aryl methyl sites for hydroxylation is 1. The summed E-state index contributed by atoms with van der Waals surface area (Å²) in [6.07, 6.45) is 13.1. The molecule has 7 heteroatoms. The summed E-state index contributed by atoms with van der Waals surface area (Å²) in [4.78, 5) is 14.4. The smallest absolute Gasteiger partial charge is 0.254 e. The minimum atomic E-state index is 0.0386. The number of thiophene rings is 1. The van der Waals surface area contributed by atoms with Crippen LogP contribution in [0.5, 0.6) is 0 Å². The maximum absolute atomic E-state index is 13.1. The van der Waals surface area contributed by atoms with Gasteiger partial charge in [0.05, 0.1) is 5.56 Å². The predicted molar refractivity (Wildman–Crippen MR) is 94.9 cm³/mol. The number of amides is 1. The number of carbonyl (C=O) groups excluding carboxylic acids is 1. The van der Waals surface area contributed by atoms with Gasteiger partial charge in [0.2, 0.25) is 0 Å². The van der Waals surface area contributed by atoms with E-state index in [1.807, 2.05) is 0 Å². The van der Waals surface area contributed by atoms with E-state index in [2.05, 4.69) is 33.0 Å². The molecule has 6 nitrogen and oxygen atoms in total. The van der Waals surface area contributed by atoms with Crippen molar-refractivity contribution in [1.82, 2.24) is 25.5 Å². The second-order valence-corrected chi connectivity index (χ2v) is 8.48. The molecule has 5 rings (SSSR count). The van der Waals surface area contributed by atoms with Gasteiger partial charge in [-0.3, -0.25) is 4.79 Å². The highest BCUT2D eigenvalue weighted by Gasteiger charge is 2.36. The minimum absolute atomic E-state index is 0.0386. The van der Waals surface area contributed by atoms with Crippen LogP contribution in [0.3, 0.4) is 0 Å². The number of carbonyl (C=O) groups is 1. The van der Waals surface area contributed by atoms with Crippen molar-refractivity contribution in [2.75, 3.05) is 6.54 Å². The molecule has 25 heavy (non-hydrogen) atoms. The SMILES string of the molecule is O=C(NCC1CC2C=CC1C2)c1c(-n2cnnn2)sc2c1CCCC2. The summed E-state index contributed by atoms with van der Waals surface area (Å²) >= 11 is 1.67. The van der Waals surface area contributed by atoms with Crippen molar-refractivity contribution in [2.24, 2.45) is 17.8 Å². The van der Waals surface area contributed by atoms with Crippen molar-refractivity contribution in [3.05, 3.63) is 34.5 Å². The summed E-state index contributed by atoms with van der Waals surface area (Å²) in [6, 6.07) is 0. The number of tetrazole rings is 1. The van der Waals surface area contributed by atoms with E-state index in [0.717, 1.165) is 42.3 Å². The first-order chi connectivity index (χ1) is 12.3. The van der Waals surface area contributed by atoms with Gasteiger partial charge >= 0.3 is 0 Å². The Morgan fingerprint density at radius 1 is 1.28 bits per heavy atom. The molecular formula is C18H21N5OS. The average molecular weight is 355 g/mol. The van der Waals surface area contributed by atoms with E-state index >= 15 is 0 Å². The monoisotopic (exact) mass is 355 g/mol. The van der Waals surface area contributed by atoms with Gasteiger partial charge in [-0.2, -0.15) is 4.68 Å². The fourth-order valence-electron chi connectivity index (χ4n) is 4.64.